The minimum Gasteiger partial charge on any atom is -0.327 e. The van der Waals surface area contributed by atoms with E-state index in [0.717, 1.165) is 12.0 Å². The van der Waals surface area contributed by atoms with Gasteiger partial charge in [0.25, 0.3) is 0 Å². The SMILES string of the molecule is CC1C(N)CCC(CNC2CCC(C)(C)C2)C1(C)C. The second-order valence-electron chi connectivity index (χ2n) is 8.56. The maximum atomic E-state index is 6.25. The van der Waals surface area contributed by atoms with Crippen molar-refractivity contribution in [2.24, 2.45) is 28.4 Å². The molecule has 3 N–H and O–H groups in total. The zero-order valence-corrected chi connectivity index (χ0v) is 13.6. The van der Waals surface area contributed by atoms with Crippen molar-refractivity contribution < 1.29 is 0 Å². The van der Waals surface area contributed by atoms with E-state index in [0.29, 0.717) is 22.8 Å². The first-order valence-electron chi connectivity index (χ1n) is 8.21. The molecule has 0 spiro atoms. The molecule has 2 saturated carbocycles. The van der Waals surface area contributed by atoms with Crippen LogP contribution < -0.4 is 11.1 Å². The highest BCUT2D eigenvalue weighted by molar-refractivity contribution is 4.95. The van der Waals surface area contributed by atoms with Crippen molar-refractivity contribution in [1.82, 2.24) is 5.32 Å². The van der Waals surface area contributed by atoms with Crippen molar-refractivity contribution in [3.05, 3.63) is 0 Å². The largest absolute Gasteiger partial charge is 0.327 e. The van der Waals surface area contributed by atoms with Gasteiger partial charge in [0.15, 0.2) is 0 Å². The van der Waals surface area contributed by atoms with Crippen molar-refractivity contribution in [2.45, 2.75) is 78.8 Å². The number of hydrogen-bond donors (Lipinski definition) is 2. The Morgan fingerprint density at radius 2 is 1.79 bits per heavy atom. The van der Waals surface area contributed by atoms with Gasteiger partial charge in [-0.25, -0.2) is 0 Å². The molecule has 0 amide bonds. The Morgan fingerprint density at radius 3 is 2.37 bits per heavy atom. The monoisotopic (exact) mass is 266 g/mol. The van der Waals surface area contributed by atoms with E-state index in [-0.39, 0.29) is 0 Å². The highest BCUT2D eigenvalue weighted by Gasteiger charge is 2.41. The van der Waals surface area contributed by atoms with Gasteiger partial charge in [-0.05, 0) is 61.3 Å². The molecule has 0 bridgehead atoms. The minimum absolute atomic E-state index is 0.374. The first-order valence-corrected chi connectivity index (χ1v) is 8.21. The van der Waals surface area contributed by atoms with Crippen molar-refractivity contribution in [2.75, 3.05) is 6.54 Å². The summed E-state index contributed by atoms with van der Waals surface area (Å²) in [4.78, 5) is 0. The minimum atomic E-state index is 0.374. The van der Waals surface area contributed by atoms with Gasteiger partial charge in [0, 0.05) is 12.1 Å². The molecule has 2 aliphatic rings. The van der Waals surface area contributed by atoms with Crippen LogP contribution in [-0.4, -0.2) is 18.6 Å². The van der Waals surface area contributed by atoms with E-state index >= 15 is 0 Å². The Kier molecular flexibility index (Phi) is 4.32. The fraction of sp³-hybridized carbons (Fsp3) is 1.00. The van der Waals surface area contributed by atoms with Gasteiger partial charge in [-0.1, -0.05) is 34.6 Å². The van der Waals surface area contributed by atoms with Gasteiger partial charge in [0.2, 0.25) is 0 Å². The van der Waals surface area contributed by atoms with Crippen LogP contribution in [0.2, 0.25) is 0 Å². The lowest BCUT2D eigenvalue weighted by atomic mass is 9.61. The topological polar surface area (TPSA) is 38.0 Å². The van der Waals surface area contributed by atoms with Crippen LogP contribution >= 0.6 is 0 Å². The Hall–Kier alpha value is -0.0800. The normalized spacial score (nSPS) is 41.4. The lowest BCUT2D eigenvalue weighted by Gasteiger charge is -2.47. The predicted molar refractivity (Wildman–Crippen MR) is 83.1 cm³/mol. The Balaban J connectivity index is 1.86. The Bertz CT molecular complexity index is 308. The summed E-state index contributed by atoms with van der Waals surface area (Å²) >= 11 is 0. The third-order valence-corrected chi connectivity index (χ3v) is 6.34. The standard InChI is InChI=1S/C17H34N2/c1-12-15(18)7-6-13(17(12,4)5)11-19-14-8-9-16(2,3)10-14/h12-15,19H,6-11,18H2,1-5H3. The molecule has 19 heavy (non-hydrogen) atoms. The maximum absolute atomic E-state index is 6.25. The maximum Gasteiger partial charge on any atom is 0.00724 e. The summed E-state index contributed by atoms with van der Waals surface area (Å²) in [5.74, 6) is 1.42. The van der Waals surface area contributed by atoms with Crippen LogP contribution in [0.25, 0.3) is 0 Å². The molecule has 0 aromatic carbocycles. The van der Waals surface area contributed by atoms with Gasteiger partial charge in [-0.2, -0.15) is 0 Å². The van der Waals surface area contributed by atoms with E-state index in [2.05, 4.69) is 39.9 Å². The summed E-state index contributed by atoms with van der Waals surface area (Å²) in [6.45, 7) is 13.2. The average Bonchev–Trinajstić information content (AvgIpc) is 2.65. The van der Waals surface area contributed by atoms with Crippen LogP contribution in [0.5, 0.6) is 0 Å². The fourth-order valence-corrected chi connectivity index (χ4v) is 4.22. The van der Waals surface area contributed by atoms with Crippen LogP contribution in [0.1, 0.15) is 66.7 Å². The average molecular weight is 266 g/mol. The van der Waals surface area contributed by atoms with Crippen LogP contribution in [-0.2, 0) is 0 Å². The summed E-state index contributed by atoms with van der Waals surface area (Å²) in [5, 5.41) is 3.86. The molecule has 2 heteroatoms. The summed E-state index contributed by atoms with van der Waals surface area (Å²) in [5.41, 5.74) is 7.17. The first-order chi connectivity index (χ1) is 8.72. The van der Waals surface area contributed by atoms with Gasteiger partial charge < -0.3 is 11.1 Å². The summed E-state index contributed by atoms with van der Waals surface area (Å²) in [6.07, 6.45) is 6.57. The summed E-state index contributed by atoms with van der Waals surface area (Å²) in [7, 11) is 0. The number of rotatable bonds is 3. The van der Waals surface area contributed by atoms with Crippen LogP contribution in [0.4, 0.5) is 0 Å². The molecule has 0 aromatic heterocycles. The van der Waals surface area contributed by atoms with Crippen molar-refractivity contribution in [1.29, 1.82) is 0 Å². The smallest absolute Gasteiger partial charge is 0.00724 e. The molecular formula is C17H34N2. The van der Waals surface area contributed by atoms with E-state index in [9.17, 15) is 0 Å². The number of hydrogen-bond acceptors (Lipinski definition) is 2. The molecule has 2 fully saturated rings. The lowest BCUT2D eigenvalue weighted by molar-refractivity contribution is 0.0522. The van der Waals surface area contributed by atoms with E-state index in [4.69, 9.17) is 5.73 Å². The zero-order valence-electron chi connectivity index (χ0n) is 13.6. The van der Waals surface area contributed by atoms with Gasteiger partial charge >= 0.3 is 0 Å². The second-order valence-corrected chi connectivity index (χ2v) is 8.56. The van der Waals surface area contributed by atoms with Crippen molar-refractivity contribution in [3.8, 4) is 0 Å². The molecule has 2 aliphatic carbocycles. The highest BCUT2D eigenvalue weighted by Crippen LogP contribution is 2.44. The fourth-order valence-electron chi connectivity index (χ4n) is 4.22. The number of nitrogens with one attached hydrogen (secondary N) is 1. The number of nitrogens with two attached hydrogens (primary N) is 1. The molecule has 4 unspecified atom stereocenters. The molecular weight excluding hydrogens is 232 g/mol. The summed E-state index contributed by atoms with van der Waals surface area (Å²) in [6, 6.07) is 1.15. The molecule has 0 heterocycles. The summed E-state index contributed by atoms with van der Waals surface area (Å²) < 4.78 is 0. The quantitative estimate of drug-likeness (QED) is 0.820. The van der Waals surface area contributed by atoms with Crippen molar-refractivity contribution in [3.63, 3.8) is 0 Å². The lowest BCUT2D eigenvalue weighted by Crippen LogP contribution is -2.50. The first kappa shape index (κ1) is 15.3. The van der Waals surface area contributed by atoms with E-state index in [1.54, 1.807) is 0 Å². The van der Waals surface area contributed by atoms with Crippen LogP contribution in [0, 0.1) is 22.7 Å². The van der Waals surface area contributed by atoms with Gasteiger partial charge in [-0.15, -0.1) is 0 Å². The van der Waals surface area contributed by atoms with Gasteiger partial charge in [0.1, 0.15) is 0 Å². The third-order valence-electron chi connectivity index (χ3n) is 6.34. The molecule has 0 radical (unpaired) electrons. The highest BCUT2D eigenvalue weighted by atomic mass is 14.9. The van der Waals surface area contributed by atoms with Crippen LogP contribution in [0.15, 0.2) is 0 Å². The molecule has 0 aliphatic heterocycles. The van der Waals surface area contributed by atoms with Crippen molar-refractivity contribution >= 4 is 0 Å². The zero-order chi connectivity index (χ0) is 14.3. The molecule has 4 atom stereocenters. The van der Waals surface area contributed by atoms with Gasteiger partial charge in [-0.3, -0.25) is 0 Å². The molecule has 0 saturated heterocycles. The Labute approximate surface area is 119 Å². The van der Waals surface area contributed by atoms with E-state index in [1.807, 2.05) is 0 Å². The van der Waals surface area contributed by atoms with E-state index < -0.39 is 0 Å². The molecule has 0 aromatic rings. The molecule has 2 rings (SSSR count). The second kappa shape index (κ2) is 5.37. The third kappa shape index (κ3) is 3.33. The molecule has 112 valence electrons. The predicted octanol–water partition coefficient (Wildman–Crippen LogP) is 3.55. The molecule has 2 nitrogen and oxygen atoms in total. The van der Waals surface area contributed by atoms with Crippen LogP contribution in [0.3, 0.4) is 0 Å². The Morgan fingerprint density at radius 1 is 1.11 bits per heavy atom. The van der Waals surface area contributed by atoms with E-state index in [1.165, 1.54) is 38.6 Å². The van der Waals surface area contributed by atoms with Gasteiger partial charge in [0.05, 0.1) is 0 Å².